The van der Waals surface area contributed by atoms with E-state index in [2.05, 4.69) is 64.1 Å². The lowest BCUT2D eigenvalue weighted by Crippen LogP contribution is -2.49. The van der Waals surface area contributed by atoms with Gasteiger partial charge in [0.2, 0.25) is 11.7 Å². The Morgan fingerprint density at radius 2 is 1.51 bits per heavy atom. The van der Waals surface area contributed by atoms with Gasteiger partial charge in [0.1, 0.15) is 6.04 Å². The number of ether oxygens (including phenoxy) is 2. The van der Waals surface area contributed by atoms with Gasteiger partial charge in [-0.3, -0.25) is 14.4 Å². The first-order valence-corrected chi connectivity index (χ1v) is 15.3. The van der Waals surface area contributed by atoms with Gasteiger partial charge in [-0.15, -0.1) is 0 Å². The van der Waals surface area contributed by atoms with Crippen LogP contribution in [0.2, 0.25) is 0 Å². The molecule has 0 saturated heterocycles. The number of pyridine rings is 1. The molecule has 8 nitrogen and oxygen atoms in total. The number of hydrogen-bond acceptors (Lipinski definition) is 6. The van der Waals surface area contributed by atoms with Gasteiger partial charge in [0.05, 0.1) is 7.11 Å². The average Bonchev–Trinajstić information content (AvgIpc) is 3.91. The Bertz CT molecular complexity index is 1420. The summed E-state index contributed by atoms with van der Waals surface area (Å²) in [7, 11) is 1.42. The lowest BCUT2D eigenvalue weighted by atomic mass is 9.83. The maximum absolute atomic E-state index is 13.5. The molecule has 0 radical (unpaired) electrons. The van der Waals surface area contributed by atoms with Crippen LogP contribution in [0.1, 0.15) is 110 Å². The highest BCUT2D eigenvalue weighted by Gasteiger charge is 2.31. The maximum Gasteiger partial charge on any atom is 0.311 e. The normalized spacial score (nSPS) is 15.8. The minimum Gasteiger partial charge on any atom is -0.493 e. The molecule has 43 heavy (non-hydrogen) atoms. The van der Waals surface area contributed by atoms with E-state index in [0.29, 0.717) is 18.3 Å². The molecule has 2 aromatic carbocycles. The van der Waals surface area contributed by atoms with Gasteiger partial charge in [0.25, 0.3) is 5.91 Å². The second-order valence-corrected chi connectivity index (χ2v) is 11.8. The fourth-order valence-corrected chi connectivity index (χ4v) is 5.60. The molecule has 2 amide bonds. The zero-order valence-electron chi connectivity index (χ0n) is 25.4. The van der Waals surface area contributed by atoms with E-state index < -0.39 is 17.9 Å². The Kier molecular flexibility index (Phi) is 9.43. The molecule has 2 atom stereocenters. The van der Waals surface area contributed by atoms with Crippen LogP contribution in [0.4, 0.5) is 0 Å². The van der Waals surface area contributed by atoms with Crippen LogP contribution in [-0.4, -0.2) is 42.0 Å². The van der Waals surface area contributed by atoms with Crippen molar-refractivity contribution in [1.29, 1.82) is 0 Å². The summed E-state index contributed by atoms with van der Waals surface area (Å²) in [6.45, 7) is 5.49. The Balaban J connectivity index is 1.33. The molecule has 2 N–H and O–H groups in total. The largest absolute Gasteiger partial charge is 0.493 e. The summed E-state index contributed by atoms with van der Waals surface area (Å²) in [5, 5.41) is 5.89. The van der Waals surface area contributed by atoms with Crippen molar-refractivity contribution in [3.8, 4) is 11.5 Å². The number of rotatable bonds is 13. The molecule has 8 heteroatoms. The van der Waals surface area contributed by atoms with Crippen molar-refractivity contribution < 1.29 is 23.9 Å². The van der Waals surface area contributed by atoms with Crippen LogP contribution in [0.3, 0.4) is 0 Å². The molecular weight excluding hydrogens is 542 g/mol. The number of nitrogens with one attached hydrogen (secondary N) is 2. The molecule has 1 heterocycles. The number of benzene rings is 2. The molecule has 2 aliphatic rings. The molecule has 3 aromatic rings. The minimum absolute atomic E-state index is 0.0612. The quantitative estimate of drug-likeness (QED) is 0.239. The van der Waals surface area contributed by atoms with Crippen LogP contribution in [0.5, 0.6) is 11.5 Å². The number of hydrogen-bond donors (Lipinski definition) is 2. The number of nitrogens with zero attached hydrogens (tertiary/aromatic N) is 1. The average molecular weight is 584 g/mol. The predicted molar refractivity (Wildman–Crippen MR) is 165 cm³/mol. The van der Waals surface area contributed by atoms with Crippen LogP contribution in [0.25, 0.3) is 0 Å². The third kappa shape index (κ3) is 7.42. The second kappa shape index (κ2) is 13.4. The summed E-state index contributed by atoms with van der Waals surface area (Å²) in [6.07, 6.45) is 7.05. The first-order valence-electron chi connectivity index (χ1n) is 15.3. The highest BCUT2D eigenvalue weighted by Crippen LogP contribution is 2.43. The first-order chi connectivity index (χ1) is 20.8. The van der Waals surface area contributed by atoms with Gasteiger partial charge in [0.15, 0.2) is 11.4 Å². The Morgan fingerprint density at radius 3 is 2.05 bits per heavy atom. The van der Waals surface area contributed by atoms with Gasteiger partial charge in [-0.05, 0) is 80.0 Å². The second-order valence-electron chi connectivity index (χ2n) is 11.8. The zero-order chi connectivity index (χ0) is 30.5. The van der Waals surface area contributed by atoms with Crippen molar-refractivity contribution in [3.05, 3.63) is 88.7 Å². The highest BCUT2D eigenvalue weighted by atomic mass is 16.6. The summed E-state index contributed by atoms with van der Waals surface area (Å²) in [6, 6.07) is 17.9. The lowest BCUT2D eigenvalue weighted by molar-refractivity contribution is -0.134. The summed E-state index contributed by atoms with van der Waals surface area (Å²) >= 11 is 0. The monoisotopic (exact) mass is 583 g/mol. The fourth-order valence-electron chi connectivity index (χ4n) is 5.60. The van der Waals surface area contributed by atoms with E-state index in [1.165, 1.54) is 67.3 Å². The lowest BCUT2D eigenvalue weighted by Gasteiger charge is -2.28. The Labute approximate surface area is 253 Å². The zero-order valence-corrected chi connectivity index (χ0v) is 25.4. The smallest absolute Gasteiger partial charge is 0.311 e. The molecule has 2 saturated carbocycles. The summed E-state index contributed by atoms with van der Waals surface area (Å²) in [4.78, 5) is 43.1. The first kappa shape index (κ1) is 30.3. The SMILES string of the molecule is CCCC(=O)Oc1c(OC)ccnc1C(=O)N[C@@H](C)C(=O)N[C@@H](C)C(c1cccc(C2CC2)c1)c1cccc(C2CC2)c1. The predicted octanol–water partition coefficient (Wildman–Crippen LogP) is 6.01. The van der Waals surface area contributed by atoms with Crippen molar-refractivity contribution >= 4 is 17.8 Å². The van der Waals surface area contributed by atoms with E-state index in [1.54, 1.807) is 6.92 Å². The van der Waals surface area contributed by atoms with Crippen molar-refractivity contribution in [3.63, 3.8) is 0 Å². The van der Waals surface area contributed by atoms with Gasteiger partial charge < -0.3 is 20.1 Å². The highest BCUT2D eigenvalue weighted by molar-refractivity contribution is 5.99. The topological polar surface area (TPSA) is 107 Å². The maximum atomic E-state index is 13.5. The molecule has 2 aliphatic carbocycles. The molecule has 0 unspecified atom stereocenters. The molecule has 0 aliphatic heterocycles. The van der Waals surface area contributed by atoms with E-state index in [1.807, 2.05) is 13.8 Å². The van der Waals surface area contributed by atoms with E-state index >= 15 is 0 Å². The van der Waals surface area contributed by atoms with Crippen molar-refractivity contribution in [2.75, 3.05) is 7.11 Å². The van der Waals surface area contributed by atoms with Crippen LogP contribution in [0, 0.1) is 0 Å². The summed E-state index contributed by atoms with van der Waals surface area (Å²) in [5.74, 6) is -0.133. The van der Waals surface area contributed by atoms with Gasteiger partial charge in [-0.25, -0.2) is 4.98 Å². The summed E-state index contributed by atoms with van der Waals surface area (Å²) < 4.78 is 10.7. The van der Waals surface area contributed by atoms with Gasteiger partial charge in [0, 0.05) is 30.6 Å². The third-order valence-electron chi connectivity index (χ3n) is 8.22. The number of carbonyl (C=O) groups excluding carboxylic acids is 3. The molecule has 5 rings (SSSR count). The molecule has 0 spiro atoms. The number of methoxy groups -OCH3 is 1. The van der Waals surface area contributed by atoms with E-state index in [4.69, 9.17) is 9.47 Å². The van der Waals surface area contributed by atoms with Crippen LogP contribution < -0.4 is 20.1 Å². The van der Waals surface area contributed by atoms with Crippen molar-refractivity contribution in [2.45, 2.75) is 89.1 Å². The standard InChI is InChI=1S/C35H41N3O5/c1-5-8-30(39)43-33-29(42-4)17-18-36-32(33)35(41)38-22(3)34(40)37-21(2)31(27-11-6-9-25(19-27)23-13-14-23)28-12-7-10-26(20-28)24-15-16-24/h6-7,9-12,17-24,31H,5,8,13-16H2,1-4H3,(H,37,40)(H,38,41)/t21-,22-/m0/s1. The van der Waals surface area contributed by atoms with Crippen LogP contribution in [-0.2, 0) is 9.59 Å². The van der Waals surface area contributed by atoms with Gasteiger partial charge in [-0.2, -0.15) is 0 Å². The number of esters is 1. The van der Waals surface area contributed by atoms with Crippen LogP contribution >= 0.6 is 0 Å². The minimum atomic E-state index is -0.876. The molecule has 2 fully saturated rings. The molecular formula is C35H41N3O5. The van der Waals surface area contributed by atoms with Crippen molar-refractivity contribution in [1.82, 2.24) is 15.6 Å². The molecule has 0 bridgehead atoms. The van der Waals surface area contributed by atoms with E-state index in [9.17, 15) is 14.4 Å². The fraction of sp³-hybridized carbons (Fsp3) is 0.429. The number of aromatic nitrogens is 1. The Morgan fingerprint density at radius 1 is 0.907 bits per heavy atom. The molecule has 1 aromatic heterocycles. The van der Waals surface area contributed by atoms with Gasteiger partial charge in [-0.1, -0.05) is 55.5 Å². The van der Waals surface area contributed by atoms with E-state index in [0.717, 1.165) is 0 Å². The van der Waals surface area contributed by atoms with Crippen molar-refractivity contribution in [2.24, 2.45) is 0 Å². The molecule has 226 valence electrons. The number of carbonyl (C=O) groups is 3. The van der Waals surface area contributed by atoms with Crippen LogP contribution in [0.15, 0.2) is 60.8 Å². The van der Waals surface area contributed by atoms with Gasteiger partial charge >= 0.3 is 5.97 Å². The number of amides is 2. The third-order valence-corrected chi connectivity index (χ3v) is 8.22. The Hall–Kier alpha value is -4.20. The van der Waals surface area contributed by atoms with E-state index in [-0.39, 0.29) is 41.5 Å². The summed E-state index contributed by atoms with van der Waals surface area (Å²) in [5.41, 5.74) is 4.91.